The molecule has 170 valence electrons. The van der Waals surface area contributed by atoms with Crippen molar-refractivity contribution in [2.75, 3.05) is 30.3 Å². The second kappa shape index (κ2) is 8.38. The van der Waals surface area contributed by atoms with Crippen LogP contribution in [0.5, 0.6) is 0 Å². The summed E-state index contributed by atoms with van der Waals surface area (Å²) in [5.74, 6) is -0.474. The molecule has 1 aromatic heterocycles. The summed E-state index contributed by atoms with van der Waals surface area (Å²) in [6.07, 6.45) is 1.25. The number of fused-ring (bicyclic) bond motifs is 1. The summed E-state index contributed by atoms with van der Waals surface area (Å²) >= 11 is 0. The van der Waals surface area contributed by atoms with Gasteiger partial charge in [0.25, 0.3) is 0 Å². The maximum absolute atomic E-state index is 15.3. The van der Waals surface area contributed by atoms with Gasteiger partial charge in [-0.15, -0.1) is 0 Å². The third kappa shape index (κ3) is 4.25. The molecule has 2 aliphatic heterocycles. The first-order valence-electron chi connectivity index (χ1n) is 10.7. The number of pyridine rings is 1. The van der Waals surface area contributed by atoms with Crippen LogP contribution in [-0.2, 0) is 4.74 Å². The van der Waals surface area contributed by atoms with Gasteiger partial charge in [0, 0.05) is 36.9 Å². The number of hydrogen-bond donors (Lipinski definition) is 2. The van der Waals surface area contributed by atoms with Crippen LogP contribution in [0.25, 0.3) is 0 Å². The van der Waals surface area contributed by atoms with Crippen LogP contribution in [0.1, 0.15) is 38.1 Å². The number of benzene rings is 1. The lowest BCUT2D eigenvalue weighted by molar-refractivity contribution is 0.0326. The SMILES string of the molecule is Cc1ccc(NC(=O)Nc2cccc([C@@H](C)N3CCN4C(=O)OC(C)(C)[C@@H]4C3)c2F)cn1. The van der Waals surface area contributed by atoms with Crippen LogP contribution >= 0.6 is 0 Å². The third-order valence-electron chi connectivity index (χ3n) is 6.24. The standard InChI is InChI=1S/C23H28FN5O3/c1-14-8-9-16(12-25-14)26-21(30)27-18-7-5-6-17(20(18)24)15(2)28-10-11-29-19(13-28)23(3,4)32-22(29)31/h5-9,12,15,19H,10-11,13H2,1-4H3,(H2,26,27,30)/t15-,19+/m1/s1. The first kappa shape index (κ1) is 22.0. The molecule has 2 saturated heterocycles. The molecule has 0 radical (unpaired) electrons. The summed E-state index contributed by atoms with van der Waals surface area (Å²) in [5, 5.41) is 5.24. The lowest BCUT2D eigenvalue weighted by Gasteiger charge is -2.42. The van der Waals surface area contributed by atoms with E-state index in [4.69, 9.17) is 4.74 Å². The Labute approximate surface area is 186 Å². The number of nitrogens with one attached hydrogen (secondary N) is 2. The van der Waals surface area contributed by atoms with Crippen LogP contribution in [0.3, 0.4) is 0 Å². The zero-order valence-corrected chi connectivity index (χ0v) is 18.7. The number of aryl methyl sites for hydroxylation is 1. The van der Waals surface area contributed by atoms with Crippen molar-refractivity contribution in [3.05, 3.63) is 53.6 Å². The summed E-state index contributed by atoms with van der Waals surface area (Å²) in [6, 6.07) is 7.61. The third-order valence-corrected chi connectivity index (χ3v) is 6.24. The highest BCUT2D eigenvalue weighted by Gasteiger charge is 2.50. The Morgan fingerprint density at radius 1 is 1.25 bits per heavy atom. The molecule has 32 heavy (non-hydrogen) atoms. The molecule has 0 aliphatic carbocycles. The topological polar surface area (TPSA) is 86.8 Å². The van der Waals surface area contributed by atoms with Gasteiger partial charge in [-0.25, -0.2) is 14.0 Å². The summed E-state index contributed by atoms with van der Waals surface area (Å²) in [7, 11) is 0. The second-order valence-electron chi connectivity index (χ2n) is 8.83. The van der Waals surface area contributed by atoms with Gasteiger partial charge in [0.2, 0.25) is 0 Å². The van der Waals surface area contributed by atoms with Crippen molar-refractivity contribution >= 4 is 23.5 Å². The molecular formula is C23H28FN5O3. The van der Waals surface area contributed by atoms with Gasteiger partial charge >= 0.3 is 12.1 Å². The fourth-order valence-corrected chi connectivity index (χ4v) is 4.31. The largest absolute Gasteiger partial charge is 0.441 e. The van der Waals surface area contributed by atoms with Gasteiger partial charge in [0.15, 0.2) is 5.82 Å². The minimum atomic E-state index is -0.597. The monoisotopic (exact) mass is 441 g/mol. The van der Waals surface area contributed by atoms with Crippen molar-refractivity contribution in [2.24, 2.45) is 0 Å². The molecule has 9 heteroatoms. The Bertz CT molecular complexity index is 1030. The van der Waals surface area contributed by atoms with E-state index in [1.165, 1.54) is 6.07 Å². The van der Waals surface area contributed by atoms with E-state index in [-0.39, 0.29) is 23.9 Å². The number of urea groups is 1. The molecule has 0 saturated carbocycles. The predicted molar refractivity (Wildman–Crippen MR) is 119 cm³/mol. The fraction of sp³-hybridized carbons (Fsp3) is 0.435. The van der Waals surface area contributed by atoms with Crippen LogP contribution in [0, 0.1) is 12.7 Å². The van der Waals surface area contributed by atoms with E-state index in [0.717, 1.165) is 5.69 Å². The zero-order valence-electron chi connectivity index (χ0n) is 18.7. The quantitative estimate of drug-likeness (QED) is 0.744. The van der Waals surface area contributed by atoms with E-state index in [1.54, 1.807) is 35.4 Å². The van der Waals surface area contributed by atoms with E-state index in [9.17, 15) is 9.59 Å². The molecule has 2 fully saturated rings. The van der Waals surface area contributed by atoms with Gasteiger partial charge in [-0.1, -0.05) is 12.1 Å². The lowest BCUT2D eigenvalue weighted by atomic mass is 9.94. The lowest BCUT2D eigenvalue weighted by Crippen LogP contribution is -2.56. The minimum absolute atomic E-state index is 0.0931. The summed E-state index contributed by atoms with van der Waals surface area (Å²) in [5.41, 5.74) is 1.34. The van der Waals surface area contributed by atoms with Crippen LogP contribution in [0.15, 0.2) is 36.5 Å². The number of aromatic nitrogens is 1. The number of nitrogens with zero attached hydrogens (tertiary/aromatic N) is 3. The van der Waals surface area contributed by atoms with Gasteiger partial charge < -0.3 is 15.4 Å². The van der Waals surface area contributed by atoms with E-state index < -0.39 is 17.4 Å². The number of anilines is 2. The van der Waals surface area contributed by atoms with Gasteiger partial charge in [-0.2, -0.15) is 0 Å². The van der Waals surface area contributed by atoms with E-state index in [1.807, 2.05) is 27.7 Å². The Balaban J connectivity index is 1.46. The van der Waals surface area contributed by atoms with E-state index >= 15 is 4.39 Å². The van der Waals surface area contributed by atoms with E-state index in [0.29, 0.717) is 30.9 Å². The van der Waals surface area contributed by atoms with Gasteiger partial charge in [-0.05, 0) is 45.9 Å². The summed E-state index contributed by atoms with van der Waals surface area (Å²) in [4.78, 5) is 32.5. The highest BCUT2D eigenvalue weighted by atomic mass is 19.1. The minimum Gasteiger partial charge on any atom is -0.441 e. The first-order chi connectivity index (χ1) is 15.2. The highest BCUT2D eigenvalue weighted by Crippen LogP contribution is 2.35. The number of cyclic esters (lactones) is 1. The molecule has 3 amide bonds. The molecule has 4 rings (SSSR count). The number of amides is 3. The second-order valence-corrected chi connectivity index (χ2v) is 8.83. The van der Waals surface area contributed by atoms with Gasteiger partial charge in [-0.3, -0.25) is 14.8 Å². The van der Waals surface area contributed by atoms with Crippen molar-refractivity contribution in [1.82, 2.24) is 14.8 Å². The van der Waals surface area contributed by atoms with E-state index in [2.05, 4.69) is 20.5 Å². The summed E-state index contributed by atoms with van der Waals surface area (Å²) < 4.78 is 20.8. The van der Waals surface area contributed by atoms with Gasteiger partial charge in [0.05, 0.1) is 23.6 Å². The van der Waals surface area contributed by atoms with Crippen LogP contribution in [0.4, 0.5) is 25.4 Å². The first-order valence-corrected chi connectivity index (χ1v) is 10.7. The number of carbonyl (C=O) groups excluding carboxylic acids is 2. The number of halogens is 1. The predicted octanol–water partition coefficient (Wildman–Crippen LogP) is 4.15. The molecule has 0 bridgehead atoms. The van der Waals surface area contributed by atoms with Crippen LogP contribution in [-0.4, -0.2) is 58.2 Å². The summed E-state index contributed by atoms with van der Waals surface area (Å²) in [6.45, 7) is 9.31. The molecule has 2 aromatic rings. The molecule has 2 atom stereocenters. The Kier molecular flexibility index (Phi) is 5.77. The molecule has 8 nitrogen and oxygen atoms in total. The normalized spacial score (nSPS) is 21.0. The zero-order chi connectivity index (χ0) is 23.0. The number of rotatable bonds is 4. The smallest absolute Gasteiger partial charge is 0.410 e. The van der Waals surface area contributed by atoms with Crippen molar-refractivity contribution in [1.29, 1.82) is 0 Å². The molecule has 2 aliphatic rings. The van der Waals surface area contributed by atoms with Crippen molar-refractivity contribution in [2.45, 2.75) is 45.4 Å². The van der Waals surface area contributed by atoms with Crippen molar-refractivity contribution in [3.8, 4) is 0 Å². The number of piperazine rings is 1. The Morgan fingerprint density at radius 2 is 2.03 bits per heavy atom. The number of ether oxygens (including phenoxy) is 1. The maximum Gasteiger partial charge on any atom is 0.410 e. The highest BCUT2D eigenvalue weighted by molar-refractivity contribution is 5.99. The molecular weight excluding hydrogens is 413 g/mol. The Morgan fingerprint density at radius 3 is 2.75 bits per heavy atom. The average molecular weight is 442 g/mol. The molecule has 1 aromatic carbocycles. The fourth-order valence-electron chi connectivity index (χ4n) is 4.31. The van der Waals surface area contributed by atoms with Crippen molar-refractivity contribution < 1.29 is 18.7 Å². The average Bonchev–Trinajstić information content (AvgIpc) is 2.98. The Hall–Kier alpha value is -3.20. The maximum atomic E-state index is 15.3. The van der Waals surface area contributed by atoms with Gasteiger partial charge in [0.1, 0.15) is 5.60 Å². The molecule has 2 N–H and O–H groups in total. The molecule has 0 spiro atoms. The molecule has 3 heterocycles. The van der Waals surface area contributed by atoms with Crippen LogP contribution < -0.4 is 10.6 Å². The number of hydrogen-bond acceptors (Lipinski definition) is 5. The number of carbonyl (C=O) groups is 2. The molecule has 0 unspecified atom stereocenters. The van der Waals surface area contributed by atoms with Crippen LogP contribution in [0.2, 0.25) is 0 Å². The van der Waals surface area contributed by atoms with Crippen molar-refractivity contribution in [3.63, 3.8) is 0 Å².